The van der Waals surface area contributed by atoms with Crippen LogP contribution < -0.4 is 10.2 Å². The van der Waals surface area contributed by atoms with E-state index >= 15 is 0 Å². The molecule has 0 aliphatic carbocycles. The molecule has 2 N–H and O–H groups in total. The number of carbonyl (C=O) groups excluding carboxylic acids is 1. The molecule has 24 heavy (non-hydrogen) atoms. The van der Waals surface area contributed by atoms with Gasteiger partial charge in [0.05, 0.1) is 0 Å². The van der Waals surface area contributed by atoms with Gasteiger partial charge in [0.2, 0.25) is 0 Å². The van der Waals surface area contributed by atoms with E-state index in [2.05, 4.69) is 37.3 Å². The summed E-state index contributed by atoms with van der Waals surface area (Å²) in [5, 5.41) is 9.74. The van der Waals surface area contributed by atoms with Crippen LogP contribution in [0.1, 0.15) is 28.7 Å². The summed E-state index contributed by atoms with van der Waals surface area (Å²) in [6.07, 6.45) is 2.66. The number of hydrogen-bond acceptors (Lipinski definition) is 5. The molecule has 0 atom stereocenters. The zero-order valence-corrected chi connectivity index (χ0v) is 14.2. The predicted molar refractivity (Wildman–Crippen MR) is 93.1 cm³/mol. The average Bonchev–Trinajstić information content (AvgIpc) is 3.10. The number of aryl methyl sites for hydroxylation is 1. The Kier molecular flexibility index (Phi) is 5.10. The molecule has 0 spiro atoms. The Hall–Kier alpha value is -2.41. The number of amides is 1. The molecule has 0 aromatic carbocycles. The number of hydrogen-bond donors (Lipinski definition) is 2. The van der Waals surface area contributed by atoms with Crippen molar-refractivity contribution < 1.29 is 4.79 Å². The van der Waals surface area contributed by atoms with E-state index in [1.54, 1.807) is 6.07 Å². The Labute approximate surface area is 142 Å². The quantitative estimate of drug-likeness (QED) is 0.858. The minimum atomic E-state index is -0.172. The maximum atomic E-state index is 12.1. The van der Waals surface area contributed by atoms with Crippen molar-refractivity contribution in [3.8, 4) is 0 Å². The number of aromatic amines is 1. The van der Waals surface area contributed by atoms with Crippen molar-refractivity contribution in [1.29, 1.82) is 0 Å². The molecule has 1 saturated heterocycles. The molecule has 1 amide bonds. The average molecular weight is 328 g/mol. The molecule has 1 aliphatic heterocycles. The summed E-state index contributed by atoms with van der Waals surface area (Å²) in [6.45, 7) is 6.58. The summed E-state index contributed by atoms with van der Waals surface area (Å²) in [5.74, 6) is 0.826. The van der Waals surface area contributed by atoms with Crippen molar-refractivity contribution >= 4 is 11.7 Å². The van der Waals surface area contributed by atoms with Crippen LogP contribution in [0, 0.1) is 0 Å². The summed E-state index contributed by atoms with van der Waals surface area (Å²) in [4.78, 5) is 21.2. The fourth-order valence-corrected chi connectivity index (χ4v) is 2.68. The second-order valence-corrected chi connectivity index (χ2v) is 6.13. The second kappa shape index (κ2) is 7.44. The molecule has 7 heteroatoms. The molecular weight excluding hydrogens is 304 g/mol. The van der Waals surface area contributed by atoms with Gasteiger partial charge in [0.1, 0.15) is 11.5 Å². The van der Waals surface area contributed by atoms with Gasteiger partial charge in [-0.2, -0.15) is 5.10 Å². The van der Waals surface area contributed by atoms with E-state index in [-0.39, 0.29) is 5.91 Å². The van der Waals surface area contributed by atoms with Gasteiger partial charge in [0.15, 0.2) is 0 Å². The van der Waals surface area contributed by atoms with Crippen molar-refractivity contribution in [3.63, 3.8) is 0 Å². The van der Waals surface area contributed by atoms with Gasteiger partial charge in [-0.3, -0.25) is 9.89 Å². The van der Waals surface area contributed by atoms with Crippen LogP contribution in [0.15, 0.2) is 24.4 Å². The van der Waals surface area contributed by atoms with E-state index in [1.807, 2.05) is 25.3 Å². The minimum Gasteiger partial charge on any atom is -0.354 e. The third kappa shape index (κ3) is 3.91. The van der Waals surface area contributed by atoms with Crippen LogP contribution in [0.25, 0.3) is 0 Å². The number of pyridine rings is 1. The maximum absolute atomic E-state index is 12.1. The largest absolute Gasteiger partial charge is 0.354 e. The smallest absolute Gasteiger partial charge is 0.272 e. The first-order chi connectivity index (χ1) is 11.7. The highest BCUT2D eigenvalue weighted by Crippen LogP contribution is 2.13. The molecule has 0 saturated carbocycles. The topological polar surface area (TPSA) is 77.2 Å². The van der Waals surface area contributed by atoms with Crippen LogP contribution in [-0.4, -0.2) is 59.2 Å². The van der Waals surface area contributed by atoms with Crippen molar-refractivity contribution in [2.24, 2.45) is 0 Å². The lowest BCUT2D eigenvalue weighted by Gasteiger charge is -2.33. The van der Waals surface area contributed by atoms with E-state index in [9.17, 15) is 4.79 Å². The van der Waals surface area contributed by atoms with Gasteiger partial charge in [-0.05, 0) is 31.2 Å². The van der Waals surface area contributed by atoms with Crippen LogP contribution in [0.2, 0.25) is 0 Å². The second-order valence-electron chi connectivity index (χ2n) is 6.13. The van der Waals surface area contributed by atoms with Crippen LogP contribution in [0.5, 0.6) is 0 Å². The lowest BCUT2D eigenvalue weighted by molar-refractivity contribution is 0.0946. The van der Waals surface area contributed by atoms with Crippen molar-refractivity contribution in [2.45, 2.75) is 19.9 Å². The molecular formula is C17H24N6O. The monoisotopic (exact) mass is 328 g/mol. The third-order valence-corrected chi connectivity index (χ3v) is 4.33. The lowest BCUT2D eigenvalue weighted by atomic mass is 10.2. The molecule has 0 bridgehead atoms. The summed E-state index contributed by atoms with van der Waals surface area (Å²) >= 11 is 0. The van der Waals surface area contributed by atoms with E-state index in [0.717, 1.165) is 49.7 Å². The number of H-pyrrole nitrogens is 1. The Morgan fingerprint density at radius 2 is 2.08 bits per heavy atom. The molecule has 1 aliphatic rings. The summed E-state index contributed by atoms with van der Waals surface area (Å²) in [7, 11) is 2.14. The number of rotatable bonds is 5. The number of nitrogens with zero attached hydrogens (tertiary/aromatic N) is 4. The van der Waals surface area contributed by atoms with E-state index in [0.29, 0.717) is 12.2 Å². The number of anilines is 1. The first-order valence-corrected chi connectivity index (χ1v) is 8.36. The molecule has 7 nitrogen and oxygen atoms in total. The lowest BCUT2D eigenvalue weighted by Crippen LogP contribution is -2.44. The normalized spacial score (nSPS) is 15.5. The summed E-state index contributed by atoms with van der Waals surface area (Å²) < 4.78 is 0. The van der Waals surface area contributed by atoms with Gasteiger partial charge in [-0.15, -0.1) is 0 Å². The van der Waals surface area contributed by atoms with E-state index < -0.39 is 0 Å². The van der Waals surface area contributed by atoms with Gasteiger partial charge in [0.25, 0.3) is 5.91 Å². The number of aromatic nitrogens is 3. The maximum Gasteiger partial charge on any atom is 0.272 e. The standard InChI is InChI=1S/C17H24N6O/c1-3-14-10-15(21-20-14)17(24)19-12-13-4-5-16(18-11-13)23-8-6-22(2)7-9-23/h4-5,10-11H,3,6-9,12H2,1-2H3,(H,19,24)(H,20,21). The fourth-order valence-electron chi connectivity index (χ4n) is 2.68. The molecule has 3 heterocycles. The summed E-state index contributed by atoms with van der Waals surface area (Å²) in [6, 6.07) is 5.82. The Morgan fingerprint density at radius 3 is 2.71 bits per heavy atom. The van der Waals surface area contributed by atoms with Crippen molar-refractivity contribution in [1.82, 2.24) is 25.4 Å². The number of nitrogens with one attached hydrogen (secondary N) is 2. The molecule has 1 fully saturated rings. The molecule has 0 unspecified atom stereocenters. The molecule has 0 radical (unpaired) electrons. The highest BCUT2D eigenvalue weighted by molar-refractivity contribution is 5.92. The fraction of sp³-hybridized carbons (Fsp3) is 0.471. The highest BCUT2D eigenvalue weighted by Gasteiger charge is 2.15. The van der Waals surface area contributed by atoms with Crippen LogP contribution in [-0.2, 0) is 13.0 Å². The van der Waals surface area contributed by atoms with Gasteiger partial charge >= 0.3 is 0 Å². The van der Waals surface area contributed by atoms with Gasteiger partial charge in [-0.1, -0.05) is 13.0 Å². The van der Waals surface area contributed by atoms with Crippen LogP contribution in [0.4, 0.5) is 5.82 Å². The van der Waals surface area contributed by atoms with Gasteiger partial charge in [-0.25, -0.2) is 4.98 Å². The minimum absolute atomic E-state index is 0.172. The van der Waals surface area contributed by atoms with Gasteiger partial charge in [0, 0.05) is 44.6 Å². The van der Waals surface area contributed by atoms with Gasteiger partial charge < -0.3 is 15.1 Å². The first-order valence-electron chi connectivity index (χ1n) is 8.36. The molecule has 2 aromatic rings. The number of piperazine rings is 1. The predicted octanol–water partition coefficient (Wildman–Crippen LogP) is 1.05. The number of likely N-dealkylation sites (N-methyl/N-ethyl adjacent to an activating group) is 1. The SMILES string of the molecule is CCc1cc(C(=O)NCc2ccc(N3CCN(C)CC3)nc2)n[nH]1. The summed E-state index contributed by atoms with van der Waals surface area (Å²) in [5.41, 5.74) is 2.36. The van der Waals surface area contributed by atoms with Crippen LogP contribution >= 0.6 is 0 Å². The zero-order valence-electron chi connectivity index (χ0n) is 14.2. The van der Waals surface area contributed by atoms with Crippen LogP contribution in [0.3, 0.4) is 0 Å². The Balaban J connectivity index is 1.53. The van der Waals surface area contributed by atoms with E-state index in [1.165, 1.54) is 0 Å². The van der Waals surface area contributed by atoms with Crippen molar-refractivity contribution in [2.75, 3.05) is 38.1 Å². The molecule has 128 valence electrons. The Morgan fingerprint density at radius 1 is 1.29 bits per heavy atom. The molecule has 2 aromatic heterocycles. The zero-order chi connectivity index (χ0) is 16.9. The Bertz CT molecular complexity index is 673. The highest BCUT2D eigenvalue weighted by atomic mass is 16.1. The number of carbonyl (C=O) groups is 1. The van der Waals surface area contributed by atoms with Crippen molar-refractivity contribution in [3.05, 3.63) is 41.3 Å². The van der Waals surface area contributed by atoms with E-state index in [4.69, 9.17) is 0 Å². The molecule has 3 rings (SSSR count). The first kappa shape index (κ1) is 16.4. The third-order valence-electron chi connectivity index (χ3n) is 4.33.